The SMILES string of the molecule is CC1CCC(C)N(c2cccc(F)c2C(C)O)C1. The lowest BCUT2D eigenvalue weighted by atomic mass is 9.93. The molecule has 0 aliphatic carbocycles. The Morgan fingerprint density at radius 3 is 2.72 bits per heavy atom. The second-order valence-corrected chi connectivity index (χ2v) is 5.53. The van der Waals surface area contributed by atoms with Crippen LogP contribution in [0.25, 0.3) is 0 Å². The van der Waals surface area contributed by atoms with E-state index in [-0.39, 0.29) is 5.82 Å². The molecule has 3 atom stereocenters. The van der Waals surface area contributed by atoms with Crippen LogP contribution in [-0.4, -0.2) is 17.7 Å². The van der Waals surface area contributed by atoms with Crippen LogP contribution in [0, 0.1) is 11.7 Å². The number of hydrogen-bond acceptors (Lipinski definition) is 2. The largest absolute Gasteiger partial charge is 0.389 e. The number of benzene rings is 1. The highest BCUT2D eigenvalue weighted by atomic mass is 19.1. The Bertz CT molecular complexity index is 419. The summed E-state index contributed by atoms with van der Waals surface area (Å²) in [5.41, 5.74) is 1.28. The second kappa shape index (κ2) is 5.27. The molecule has 0 aromatic heterocycles. The van der Waals surface area contributed by atoms with Crippen LogP contribution < -0.4 is 4.90 Å². The van der Waals surface area contributed by atoms with Crippen LogP contribution in [0.1, 0.15) is 45.3 Å². The van der Waals surface area contributed by atoms with Crippen molar-refractivity contribution in [2.24, 2.45) is 5.92 Å². The lowest BCUT2D eigenvalue weighted by Gasteiger charge is -2.40. The van der Waals surface area contributed by atoms with Crippen molar-refractivity contribution < 1.29 is 9.50 Å². The van der Waals surface area contributed by atoms with Gasteiger partial charge in [-0.3, -0.25) is 0 Å². The monoisotopic (exact) mass is 251 g/mol. The van der Waals surface area contributed by atoms with Crippen molar-refractivity contribution in [3.63, 3.8) is 0 Å². The molecule has 100 valence electrons. The zero-order valence-corrected chi connectivity index (χ0v) is 11.4. The van der Waals surface area contributed by atoms with Crippen LogP contribution >= 0.6 is 0 Å². The highest BCUT2D eigenvalue weighted by Crippen LogP contribution is 2.34. The average Bonchev–Trinajstić information content (AvgIpc) is 2.31. The number of halogens is 1. The van der Waals surface area contributed by atoms with E-state index in [4.69, 9.17) is 0 Å². The van der Waals surface area contributed by atoms with Gasteiger partial charge in [-0.15, -0.1) is 0 Å². The maximum absolute atomic E-state index is 13.9. The molecule has 0 saturated carbocycles. The van der Waals surface area contributed by atoms with Gasteiger partial charge in [0.2, 0.25) is 0 Å². The lowest BCUT2D eigenvalue weighted by molar-refractivity contribution is 0.194. The number of rotatable bonds is 2. The van der Waals surface area contributed by atoms with Gasteiger partial charge in [0.25, 0.3) is 0 Å². The van der Waals surface area contributed by atoms with Gasteiger partial charge in [-0.25, -0.2) is 4.39 Å². The molecule has 0 radical (unpaired) electrons. The molecule has 1 heterocycles. The van der Waals surface area contributed by atoms with Gasteiger partial charge in [-0.1, -0.05) is 13.0 Å². The van der Waals surface area contributed by atoms with E-state index in [2.05, 4.69) is 18.7 Å². The van der Waals surface area contributed by atoms with Crippen LogP contribution in [0.5, 0.6) is 0 Å². The van der Waals surface area contributed by atoms with E-state index in [1.165, 1.54) is 12.5 Å². The number of aliphatic hydroxyl groups is 1. The Morgan fingerprint density at radius 2 is 2.06 bits per heavy atom. The molecular formula is C15H22FNO. The fourth-order valence-corrected chi connectivity index (χ4v) is 2.81. The van der Waals surface area contributed by atoms with E-state index in [1.54, 1.807) is 13.0 Å². The van der Waals surface area contributed by atoms with Gasteiger partial charge < -0.3 is 10.0 Å². The van der Waals surface area contributed by atoms with E-state index in [0.717, 1.165) is 18.7 Å². The average molecular weight is 251 g/mol. The first-order chi connectivity index (χ1) is 8.50. The normalized spacial score (nSPS) is 26.2. The number of anilines is 1. The Kier molecular flexibility index (Phi) is 3.91. The van der Waals surface area contributed by atoms with E-state index in [0.29, 0.717) is 17.5 Å². The summed E-state index contributed by atoms with van der Waals surface area (Å²) in [5, 5.41) is 9.80. The van der Waals surface area contributed by atoms with Crippen molar-refractivity contribution in [1.29, 1.82) is 0 Å². The molecule has 2 nitrogen and oxygen atoms in total. The van der Waals surface area contributed by atoms with Crippen molar-refractivity contribution in [2.45, 2.75) is 45.8 Å². The Balaban J connectivity index is 2.40. The molecule has 1 saturated heterocycles. The summed E-state index contributed by atoms with van der Waals surface area (Å²) >= 11 is 0. The van der Waals surface area contributed by atoms with Gasteiger partial charge in [0.05, 0.1) is 6.10 Å². The molecule has 2 rings (SSSR count). The van der Waals surface area contributed by atoms with Gasteiger partial charge in [0, 0.05) is 23.8 Å². The quantitative estimate of drug-likeness (QED) is 0.869. The van der Waals surface area contributed by atoms with Crippen molar-refractivity contribution >= 4 is 5.69 Å². The number of piperidine rings is 1. The van der Waals surface area contributed by atoms with Crippen LogP contribution in [0.3, 0.4) is 0 Å². The van der Waals surface area contributed by atoms with Crippen molar-refractivity contribution in [3.05, 3.63) is 29.6 Å². The molecule has 0 amide bonds. The highest BCUT2D eigenvalue weighted by Gasteiger charge is 2.26. The van der Waals surface area contributed by atoms with Crippen LogP contribution in [-0.2, 0) is 0 Å². The fourth-order valence-electron chi connectivity index (χ4n) is 2.81. The van der Waals surface area contributed by atoms with Crippen LogP contribution in [0.15, 0.2) is 18.2 Å². The predicted octanol–water partition coefficient (Wildman–Crippen LogP) is 3.50. The third-order valence-electron chi connectivity index (χ3n) is 3.87. The summed E-state index contributed by atoms with van der Waals surface area (Å²) in [7, 11) is 0. The molecule has 1 aliphatic rings. The minimum atomic E-state index is -0.773. The fraction of sp³-hybridized carbons (Fsp3) is 0.600. The molecule has 1 aromatic carbocycles. The summed E-state index contributed by atoms with van der Waals surface area (Å²) in [4.78, 5) is 2.24. The van der Waals surface area contributed by atoms with Crippen molar-refractivity contribution in [3.8, 4) is 0 Å². The summed E-state index contributed by atoms with van der Waals surface area (Å²) in [5.74, 6) is 0.305. The number of nitrogens with zero attached hydrogens (tertiary/aromatic N) is 1. The van der Waals surface area contributed by atoms with E-state index < -0.39 is 6.10 Å². The molecule has 3 unspecified atom stereocenters. The lowest BCUT2D eigenvalue weighted by Crippen LogP contribution is -2.41. The molecular weight excluding hydrogens is 229 g/mol. The first-order valence-electron chi connectivity index (χ1n) is 6.73. The smallest absolute Gasteiger partial charge is 0.131 e. The Morgan fingerprint density at radius 1 is 1.33 bits per heavy atom. The first kappa shape index (κ1) is 13.3. The molecule has 1 fully saturated rings. The zero-order chi connectivity index (χ0) is 13.3. The second-order valence-electron chi connectivity index (χ2n) is 5.53. The Hall–Kier alpha value is -1.09. The number of aliphatic hydroxyl groups excluding tert-OH is 1. The van der Waals surface area contributed by atoms with E-state index in [9.17, 15) is 9.50 Å². The van der Waals surface area contributed by atoms with Gasteiger partial charge in [-0.2, -0.15) is 0 Å². The number of hydrogen-bond donors (Lipinski definition) is 1. The molecule has 0 bridgehead atoms. The molecule has 1 aliphatic heterocycles. The van der Waals surface area contributed by atoms with Gasteiger partial charge in [0.15, 0.2) is 0 Å². The maximum atomic E-state index is 13.9. The minimum absolute atomic E-state index is 0.312. The van der Waals surface area contributed by atoms with Crippen molar-refractivity contribution in [2.75, 3.05) is 11.4 Å². The third-order valence-corrected chi connectivity index (χ3v) is 3.87. The maximum Gasteiger partial charge on any atom is 0.131 e. The molecule has 3 heteroatoms. The van der Waals surface area contributed by atoms with Crippen LogP contribution in [0.2, 0.25) is 0 Å². The van der Waals surface area contributed by atoms with Gasteiger partial charge in [0.1, 0.15) is 5.82 Å². The summed E-state index contributed by atoms with van der Waals surface area (Å²) in [6.45, 7) is 6.95. The van der Waals surface area contributed by atoms with Crippen LogP contribution in [0.4, 0.5) is 10.1 Å². The molecule has 1 aromatic rings. The summed E-state index contributed by atoms with van der Waals surface area (Å²) < 4.78 is 13.9. The predicted molar refractivity (Wildman–Crippen MR) is 72.2 cm³/mol. The Labute approximate surface area is 108 Å². The third kappa shape index (κ3) is 2.51. The molecule has 18 heavy (non-hydrogen) atoms. The summed E-state index contributed by atoms with van der Waals surface area (Å²) in [6.07, 6.45) is 1.57. The molecule has 0 spiro atoms. The van der Waals surface area contributed by atoms with Gasteiger partial charge in [-0.05, 0) is 44.7 Å². The van der Waals surface area contributed by atoms with E-state index >= 15 is 0 Å². The van der Waals surface area contributed by atoms with Crippen molar-refractivity contribution in [1.82, 2.24) is 0 Å². The highest BCUT2D eigenvalue weighted by molar-refractivity contribution is 5.56. The minimum Gasteiger partial charge on any atom is -0.389 e. The standard InChI is InChI=1S/C15H22FNO/c1-10-7-8-11(2)17(9-10)14-6-4-5-13(16)15(14)12(3)18/h4-6,10-12,18H,7-9H2,1-3H3. The van der Waals surface area contributed by atoms with Gasteiger partial charge >= 0.3 is 0 Å². The first-order valence-corrected chi connectivity index (χ1v) is 6.73. The van der Waals surface area contributed by atoms with E-state index in [1.807, 2.05) is 6.07 Å². The topological polar surface area (TPSA) is 23.5 Å². The molecule has 1 N–H and O–H groups in total. The zero-order valence-electron chi connectivity index (χ0n) is 11.4. The summed E-state index contributed by atoms with van der Waals surface area (Å²) in [6, 6.07) is 5.46.